The minimum absolute atomic E-state index is 0.110. The molecule has 0 saturated carbocycles. The molecule has 2 aromatic heterocycles. The fourth-order valence-corrected chi connectivity index (χ4v) is 1.28. The summed E-state index contributed by atoms with van der Waals surface area (Å²) in [7, 11) is -1.63. The second kappa shape index (κ2) is 3.91. The Morgan fingerprint density at radius 2 is 2.25 bits per heavy atom. The van der Waals surface area contributed by atoms with Gasteiger partial charge < -0.3 is 15.4 Å². The van der Waals surface area contributed by atoms with Gasteiger partial charge in [-0.2, -0.15) is 5.10 Å². The molecule has 0 radical (unpaired) electrons. The summed E-state index contributed by atoms with van der Waals surface area (Å²) in [4.78, 5) is 14.9. The van der Waals surface area contributed by atoms with E-state index in [2.05, 4.69) is 15.4 Å². The first kappa shape index (κ1) is 10.6. The first-order valence-electron chi connectivity index (χ1n) is 4.56. The number of amides is 1. The molecule has 1 amide bonds. The number of rotatable bonds is 2. The zero-order valence-electron chi connectivity index (χ0n) is 8.45. The molecule has 0 fully saturated rings. The maximum Gasteiger partial charge on any atom is 0.510 e. The Hall–Kier alpha value is -1.93. The van der Waals surface area contributed by atoms with Gasteiger partial charge in [0.2, 0.25) is 5.91 Å². The molecule has 2 heterocycles. The van der Waals surface area contributed by atoms with Gasteiger partial charge in [0.25, 0.3) is 0 Å². The Balaban J connectivity index is 2.41. The zero-order chi connectivity index (χ0) is 11.7. The van der Waals surface area contributed by atoms with E-state index in [0.29, 0.717) is 11.5 Å². The smallest absolute Gasteiger partial charge is 0.422 e. The van der Waals surface area contributed by atoms with E-state index in [1.54, 1.807) is 6.07 Å². The number of anilines is 1. The fraction of sp³-hybridized carbons (Fsp3) is 0.125. The van der Waals surface area contributed by atoms with E-state index in [1.165, 1.54) is 23.7 Å². The molecule has 3 N–H and O–H groups in total. The molecule has 0 saturated heterocycles. The highest BCUT2D eigenvalue weighted by Crippen LogP contribution is 2.06. The minimum atomic E-state index is -1.63. The molecule has 16 heavy (non-hydrogen) atoms. The number of nitrogens with one attached hydrogen (secondary N) is 1. The van der Waals surface area contributed by atoms with E-state index in [4.69, 9.17) is 10.0 Å². The van der Waals surface area contributed by atoms with Crippen LogP contribution in [0.25, 0.3) is 5.65 Å². The largest absolute Gasteiger partial charge is 0.510 e. The molecular weight excluding hydrogens is 211 g/mol. The van der Waals surface area contributed by atoms with Crippen LogP contribution >= 0.6 is 0 Å². The van der Waals surface area contributed by atoms with Gasteiger partial charge in [0.15, 0.2) is 11.5 Å². The molecule has 0 atom stereocenters. The summed E-state index contributed by atoms with van der Waals surface area (Å²) in [6.07, 6.45) is 1.49. The summed E-state index contributed by atoms with van der Waals surface area (Å²) in [6.45, 7) is 1.38. The molecule has 0 spiro atoms. The van der Waals surface area contributed by atoms with Crippen molar-refractivity contribution in [3.63, 3.8) is 0 Å². The average molecular weight is 220 g/mol. The van der Waals surface area contributed by atoms with E-state index in [9.17, 15) is 4.79 Å². The lowest BCUT2D eigenvalue weighted by molar-refractivity contribution is -0.114. The van der Waals surface area contributed by atoms with Crippen molar-refractivity contribution in [2.75, 3.05) is 5.32 Å². The third-order valence-electron chi connectivity index (χ3n) is 1.91. The summed E-state index contributed by atoms with van der Waals surface area (Å²) in [5.41, 5.74) is 0.618. The van der Waals surface area contributed by atoms with Crippen molar-refractivity contribution in [3.05, 3.63) is 18.3 Å². The highest BCUT2D eigenvalue weighted by atomic mass is 16.4. The SMILES string of the molecule is CC(=O)Nc1cn2nc(B(O)O)ccc2n1. The molecule has 0 aliphatic heterocycles. The lowest BCUT2D eigenvalue weighted by Gasteiger charge is -1.97. The molecule has 0 unspecified atom stereocenters. The van der Waals surface area contributed by atoms with E-state index in [-0.39, 0.29) is 11.5 Å². The summed E-state index contributed by atoms with van der Waals surface area (Å²) in [5, 5.41) is 24.3. The standard InChI is InChI=1S/C8H9BN4O3/c1-5(14)10-7-4-13-8(11-7)3-2-6(12-13)9(15)16/h2-4,15-16H,1H3,(H,10,14). The minimum Gasteiger partial charge on any atom is -0.422 e. The maximum atomic E-state index is 10.8. The predicted molar refractivity (Wildman–Crippen MR) is 57.1 cm³/mol. The van der Waals surface area contributed by atoms with Gasteiger partial charge in [-0.3, -0.25) is 4.79 Å². The van der Waals surface area contributed by atoms with Crippen molar-refractivity contribution in [2.24, 2.45) is 0 Å². The van der Waals surface area contributed by atoms with Crippen LogP contribution in [-0.2, 0) is 4.79 Å². The Morgan fingerprint density at radius 3 is 2.88 bits per heavy atom. The summed E-state index contributed by atoms with van der Waals surface area (Å²) < 4.78 is 1.36. The van der Waals surface area contributed by atoms with Gasteiger partial charge in [-0.25, -0.2) is 9.50 Å². The molecule has 82 valence electrons. The monoisotopic (exact) mass is 220 g/mol. The van der Waals surface area contributed by atoms with Gasteiger partial charge in [0.05, 0.1) is 11.8 Å². The van der Waals surface area contributed by atoms with Crippen LogP contribution in [0, 0.1) is 0 Å². The number of hydrogen-bond acceptors (Lipinski definition) is 5. The lowest BCUT2D eigenvalue weighted by atomic mass is 9.86. The molecule has 0 bridgehead atoms. The molecule has 2 aromatic rings. The van der Waals surface area contributed by atoms with Gasteiger partial charge in [0, 0.05) is 6.92 Å². The number of aromatic nitrogens is 3. The first-order valence-corrected chi connectivity index (χ1v) is 4.56. The van der Waals surface area contributed by atoms with E-state index >= 15 is 0 Å². The van der Waals surface area contributed by atoms with Crippen molar-refractivity contribution in [3.8, 4) is 0 Å². The molecule has 0 aromatic carbocycles. The van der Waals surface area contributed by atoms with E-state index in [0.717, 1.165) is 0 Å². The van der Waals surface area contributed by atoms with Crippen LogP contribution in [0.4, 0.5) is 5.82 Å². The van der Waals surface area contributed by atoms with Crippen LogP contribution in [-0.4, -0.2) is 37.7 Å². The Bertz CT molecular complexity index is 539. The van der Waals surface area contributed by atoms with Crippen molar-refractivity contribution in [2.45, 2.75) is 6.92 Å². The first-order chi connectivity index (χ1) is 7.56. The van der Waals surface area contributed by atoms with Crippen LogP contribution in [0.15, 0.2) is 18.3 Å². The van der Waals surface area contributed by atoms with Crippen molar-refractivity contribution < 1.29 is 14.8 Å². The van der Waals surface area contributed by atoms with Crippen LogP contribution in [0.1, 0.15) is 6.92 Å². The highest BCUT2D eigenvalue weighted by Gasteiger charge is 2.14. The number of carbonyl (C=O) groups excluding carboxylic acids is 1. The van der Waals surface area contributed by atoms with Crippen LogP contribution in [0.3, 0.4) is 0 Å². The molecule has 8 heteroatoms. The quantitative estimate of drug-likeness (QED) is 0.527. The Morgan fingerprint density at radius 1 is 1.50 bits per heavy atom. The van der Waals surface area contributed by atoms with Gasteiger partial charge in [-0.1, -0.05) is 0 Å². The Labute approximate surface area is 90.9 Å². The number of hydrogen-bond donors (Lipinski definition) is 3. The number of fused-ring (bicyclic) bond motifs is 1. The van der Waals surface area contributed by atoms with Crippen molar-refractivity contribution >= 4 is 30.1 Å². The van der Waals surface area contributed by atoms with Crippen LogP contribution < -0.4 is 10.9 Å². The summed E-state index contributed by atoms with van der Waals surface area (Å²) >= 11 is 0. The number of carbonyl (C=O) groups is 1. The summed E-state index contributed by atoms with van der Waals surface area (Å²) in [6, 6.07) is 3.03. The van der Waals surface area contributed by atoms with Crippen LogP contribution in [0.2, 0.25) is 0 Å². The van der Waals surface area contributed by atoms with E-state index in [1.807, 2.05) is 0 Å². The molecule has 0 aliphatic rings. The highest BCUT2D eigenvalue weighted by molar-refractivity contribution is 6.57. The van der Waals surface area contributed by atoms with E-state index < -0.39 is 7.12 Å². The van der Waals surface area contributed by atoms with Gasteiger partial charge >= 0.3 is 7.12 Å². The maximum absolute atomic E-state index is 10.8. The van der Waals surface area contributed by atoms with Gasteiger partial charge in [-0.05, 0) is 12.1 Å². The topological polar surface area (TPSA) is 99.8 Å². The van der Waals surface area contributed by atoms with Gasteiger partial charge in [0.1, 0.15) is 0 Å². The van der Waals surface area contributed by atoms with Crippen LogP contribution in [0.5, 0.6) is 0 Å². The second-order valence-electron chi connectivity index (χ2n) is 3.24. The second-order valence-corrected chi connectivity index (χ2v) is 3.24. The lowest BCUT2D eigenvalue weighted by Crippen LogP contribution is -2.33. The number of nitrogens with zero attached hydrogens (tertiary/aromatic N) is 3. The van der Waals surface area contributed by atoms with Crippen molar-refractivity contribution in [1.29, 1.82) is 0 Å². The number of imidazole rings is 1. The average Bonchev–Trinajstić information content (AvgIpc) is 2.56. The van der Waals surface area contributed by atoms with Crippen molar-refractivity contribution in [1.82, 2.24) is 14.6 Å². The molecule has 7 nitrogen and oxygen atoms in total. The summed E-state index contributed by atoms with van der Waals surface area (Å²) in [5.74, 6) is 0.135. The zero-order valence-corrected chi connectivity index (χ0v) is 8.45. The molecule has 0 aliphatic carbocycles. The Kier molecular flexibility index (Phi) is 2.59. The van der Waals surface area contributed by atoms with Gasteiger partial charge in [-0.15, -0.1) is 0 Å². The third kappa shape index (κ3) is 2.02. The fourth-order valence-electron chi connectivity index (χ4n) is 1.28. The molecular formula is C8H9BN4O3. The molecule has 2 rings (SSSR count). The predicted octanol–water partition coefficient (Wildman–Crippen LogP) is -1.63. The normalized spacial score (nSPS) is 10.4. The third-order valence-corrected chi connectivity index (χ3v) is 1.91.